The van der Waals surface area contributed by atoms with E-state index in [1.54, 1.807) is 6.21 Å². The van der Waals surface area contributed by atoms with Crippen molar-refractivity contribution in [1.29, 1.82) is 0 Å². The third-order valence-corrected chi connectivity index (χ3v) is 2.21. The standard InChI is InChI=1S/C9H10N2O/c1-2-7-9-6(3-4-10-9)8(12)5-11-7/h4-5,7H,2-3H2,1H3. The zero-order chi connectivity index (χ0) is 8.55. The molecular weight excluding hydrogens is 152 g/mol. The summed E-state index contributed by atoms with van der Waals surface area (Å²) in [7, 11) is 0. The van der Waals surface area contributed by atoms with Gasteiger partial charge in [0.15, 0.2) is 0 Å². The minimum atomic E-state index is 0.0344. The van der Waals surface area contributed by atoms with Crippen LogP contribution in [0.3, 0.4) is 0 Å². The number of allylic oxidation sites excluding steroid dienone is 1. The van der Waals surface area contributed by atoms with Crippen LogP contribution in [0.5, 0.6) is 0 Å². The molecule has 0 radical (unpaired) electrons. The zero-order valence-corrected chi connectivity index (χ0v) is 6.95. The van der Waals surface area contributed by atoms with Gasteiger partial charge in [-0.15, -0.1) is 0 Å². The highest BCUT2D eigenvalue weighted by atomic mass is 16.1. The smallest absolute Gasteiger partial charge is 0.201 e. The maximum atomic E-state index is 11.3. The zero-order valence-electron chi connectivity index (χ0n) is 6.95. The summed E-state index contributed by atoms with van der Waals surface area (Å²) in [6, 6.07) is 0.122. The largest absolute Gasteiger partial charge is 0.288 e. The fraction of sp³-hybridized carbons (Fsp3) is 0.444. The number of Topliss-reactive ketones (excluding diaryl/α,β-unsaturated/α-hetero) is 1. The first-order valence-corrected chi connectivity index (χ1v) is 4.16. The van der Waals surface area contributed by atoms with Gasteiger partial charge in [0.05, 0.1) is 18.0 Å². The molecule has 2 aliphatic heterocycles. The maximum absolute atomic E-state index is 11.3. The van der Waals surface area contributed by atoms with E-state index in [1.807, 2.05) is 0 Å². The van der Waals surface area contributed by atoms with Crippen LogP contribution in [0, 0.1) is 0 Å². The highest BCUT2D eigenvalue weighted by Crippen LogP contribution is 2.26. The molecule has 12 heavy (non-hydrogen) atoms. The van der Waals surface area contributed by atoms with Crippen LogP contribution in [0.2, 0.25) is 0 Å². The second kappa shape index (κ2) is 2.66. The van der Waals surface area contributed by atoms with Gasteiger partial charge in [-0.25, -0.2) is 0 Å². The Balaban J connectivity index is 2.38. The number of dihydropyridines is 1. The number of nitrogens with zero attached hydrogens (tertiary/aromatic N) is 2. The molecule has 0 bridgehead atoms. The first kappa shape index (κ1) is 7.40. The van der Waals surface area contributed by atoms with Gasteiger partial charge in [-0.2, -0.15) is 0 Å². The van der Waals surface area contributed by atoms with Gasteiger partial charge in [0, 0.05) is 18.2 Å². The van der Waals surface area contributed by atoms with E-state index in [9.17, 15) is 4.79 Å². The molecule has 0 saturated heterocycles. The number of carbonyl (C=O) groups excluding carboxylic acids is 1. The molecule has 0 saturated carbocycles. The molecule has 62 valence electrons. The molecule has 2 heterocycles. The van der Waals surface area contributed by atoms with Gasteiger partial charge in [0.25, 0.3) is 0 Å². The molecule has 0 aromatic rings. The van der Waals surface area contributed by atoms with E-state index < -0.39 is 0 Å². The molecular formula is C9H10N2O. The fourth-order valence-corrected chi connectivity index (χ4v) is 1.54. The van der Waals surface area contributed by atoms with Gasteiger partial charge in [-0.3, -0.25) is 14.8 Å². The van der Waals surface area contributed by atoms with Crippen LogP contribution >= 0.6 is 0 Å². The Morgan fingerprint density at radius 3 is 3.25 bits per heavy atom. The molecule has 0 amide bonds. The number of aliphatic imine (C=N–C) groups is 2. The van der Waals surface area contributed by atoms with Gasteiger partial charge < -0.3 is 0 Å². The van der Waals surface area contributed by atoms with Crippen molar-refractivity contribution in [3.63, 3.8) is 0 Å². The minimum Gasteiger partial charge on any atom is -0.288 e. The molecule has 3 heteroatoms. The van der Waals surface area contributed by atoms with E-state index in [2.05, 4.69) is 16.9 Å². The monoisotopic (exact) mass is 162 g/mol. The summed E-state index contributed by atoms with van der Waals surface area (Å²) < 4.78 is 0. The van der Waals surface area contributed by atoms with Crippen LogP contribution in [0.15, 0.2) is 21.3 Å². The summed E-state index contributed by atoms with van der Waals surface area (Å²) >= 11 is 0. The van der Waals surface area contributed by atoms with Crippen molar-refractivity contribution in [3.05, 3.63) is 11.3 Å². The Morgan fingerprint density at radius 1 is 1.67 bits per heavy atom. The first-order valence-electron chi connectivity index (χ1n) is 4.16. The highest BCUT2D eigenvalue weighted by Gasteiger charge is 2.25. The number of rotatable bonds is 1. The van der Waals surface area contributed by atoms with Crippen LogP contribution < -0.4 is 0 Å². The van der Waals surface area contributed by atoms with E-state index in [-0.39, 0.29) is 11.8 Å². The van der Waals surface area contributed by atoms with Gasteiger partial charge in [-0.05, 0) is 6.42 Å². The van der Waals surface area contributed by atoms with Gasteiger partial charge in [0.1, 0.15) is 0 Å². The lowest BCUT2D eigenvalue weighted by atomic mass is 10.0. The van der Waals surface area contributed by atoms with Gasteiger partial charge in [0.2, 0.25) is 5.78 Å². The van der Waals surface area contributed by atoms with Crippen molar-refractivity contribution < 1.29 is 4.79 Å². The van der Waals surface area contributed by atoms with Crippen LogP contribution in [-0.2, 0) is 4.79 Å². The summed E-state index contributed by atoms with van der Waals surface area (Å²) in [5, 5.41) is 0. The summed E-state index contributed by atoms with van der Waals surface area (Å²) in [6.45, 7) is 2.05. The van der Waals surface area contributed by atoms with E-state index in [4.69, 9.17) is 0 Å². The summed E-state index contributed by atoms with van der Waals surface area (Å²) in [5.74, 6) is 0.0344. The maximum Gasteiger partial charge on any atom is 0.201 e. The summed E-state index contributed by atoms with van der Waals surface area (Å²) in [6.07, 6.45) is 4.83. The predicted molar refractivity (Wildman–Crippen MR) is 47.7 cm³/mol. The van der Waals surface area contributed by atoms with Crippen molar-refractivity contribution in [3.8, 4) is 0 Å². The highest BCUT2D eigenvalue weighted by molar-refractivity contribution is 6.37. The Labute approximate surface area is 70.9 Å². The number of hydrogen-bond acceptors (Lipinski definition) is 3. The molecule has 3 nitrogen and oxygen atoms in total. The molecule has 0 spiro atoms. The lowest BCUT2D eigenvalue weighted by Gasteiger charge is -2.14. The lowest BCUT2D eigenvalue weighted by molar-refractivity contribution is -0.109. The third-order valence-electron chi connectivity index (χ3n) is 2.21. The molecule has 1 unspecified atom stereocenters. The predicted octanol–water partition coefficient (Wildman–Crippen LogP) is 1.15. The third kappa shape index (κ3) is 0.932. The number of hydrogen-bond donors (Lipinski definition) is 0. The molecule has 2 rings (SSSR count). The molecule has 1 atom stereocenters. The van der Waals surface area contributed by atoms with Crippen LogP contribution in [-0.4, -0.2) is 24.3 Å². The minimum absolute atomic E-state index is 0.0344. The molecule has 0 aliphatic carbocycles. The molecule has 0 fully saturated rings. The molecule has 2 aliphatic rings. The topological polar surface area (TPSA) is 41.8 Å². The number of carbonyl (C=O) groups is 1. The van der Waals surface area contributed by atoms with Gasteiger partial charge in [-0.1, -0.05) is 6.92 Å². The van der Waals surface area contributed by atoms with E-state index in [0.717, 1.165) is 17.7 Å². The lowest BCUT2D eigenvalue weighted by Crippen LogP contribution is -2.18. The van der Waals surface area contributed by atoms with Crippen molar-refractivity contribution in [2.75, 3.05) is 0 Å². The van der Waals surface area contributed by atoms with E-state index in [0.29, 0.717) is 6.42 Å². The fourth-order valence-electron chi connectivity index (χ4n) is 1.54. The molecule has 0 N–H and O–H groups in total. The van der Waals surface area contributed by atoms with E-state index in [1.165, 1.54) is 6.21 Å². The Hall–Kier alpha value is -1.25. The number of ketones is 1. The second-order valence-corrected chi connectivity index (χ2v) is 2.95. The Morgan fingerprint density at radius 2 is 2.50 bits per heavy atom. The van der Waals surface area contributed by atoms with Crippen molar-refractivity contribution in [2.24, 2.45) is 9.98 Å². The average Bonchev–Trinajstić information content (AvgIpc) is 2.54. The molecule has 0 aromatic carbocycles. The SMILES string of the molecule is CCC1N=CC(=O)C2=C1N=CC2. The summed E-state index contributed by atoms with van der Waals surface area (Å²) in [4.78, 5) is 19.6. The van der Waals surface area contributed by atoms with Crippen LogP contribution in [0.4, 0.5) is 0 Å². The second-order valence-electron chi connectivity index (χ2n) is 2.95. The van der Waals surface area contributed by atoms with Gasteiger partial charge >= 0.3 is 0 Å². The van der Waals surface area contributed by atoms with Crippen LogP contribution in [0.1, 0.15) is 19.8 Å². The van der Waals surface area contributed by atoms with E-state index >= 15 is 0 Å². The van der Waals surface area contributed by atoms with Crippen molar-refractivity contribution >= 4 is 18.2 Å². The first-order chi connectivity index (χ1) is 5.83. The molecule has 0 aromatic heterocycles. The quantitative estimate of drug-likeness (QED) is 0.570. The van der Waals surface area contributed by atoms with Crippen molar-refractivity contribution in [2.45, 2.75) is 25.8 Å². The Kier molecular flexibility index (Phi) is 1.64. The Bertz CT molecular complexity index is 312. The van der Waals surface area contributed by atoms with Crippen molar-refractivity contribution in [1.82, 2.24) is 0 Å². The van der Waals surface area contributed by atoms with Crippen LogP contribution in [0.25, 0.3) is 0 Å². The summed E-state index contributed by atoms with van der Waals surface area (Å²) in [5.41, 5.74) is 1.74. The normalized spacial score (nSPS) is 26.8. The average molecular weight is 162 g/mol.